The second-order valence-electron chi connectivity index (χ2n) is 6.83. The molecule has 1 aliphatic carbocycles. The van der Waals surface area contributed by atoms with Gasteiger partial charge in [-0.1, -0.05) is 19.3 Å². The standard InChI is InChI=1S/C18H30F3N5S/c1-3-22-17(24-11-12-26(2)14-7-5-4-6-8-14)23-10-9-16-25-15(13-27-16)18(19,20)21/h13-14H,3-12H2,1-2H3,(H2,22,23,24). The monoisotopic (exact) mass is 405 g/mol. The maximum atomic E-state index is 12.6. The summed E-state index contributed by atoms with van der Waals surface area (Å²) in [5, 5.41) is 7.89. The quantitative estimate of drug-likeness (QED) is 0.513. The number of guanidine groups is 1. The largest absolute Gasteiger partial charge is 0.434 e. The Hall–Kier alpha value is -1.35. The molecule has 0 spiro atoms. The molecule has 27 heavy (non-hydrogen) atoms. The maximum absolute atomic E-state index is 12.6. The first kappa shape index (κ1) is 21.9. The average molecular weight is 406 g/mol. The van der Waals surface area contributed by atoms with E-state index in [-0.39, 0.29) is 0 Å². The number of aromatic nitrogens is 1. The van der Waals surface area contributed by atoms with Crippen molar-refractivity contribution in [1.29, 1.82) is 0 Å². The van der Waals surface area contributed by atoms with E-state index < -0.39 is 11.9 Å². The van der Waals surface area contributed by atoms with Crippen LogP contribution in [0.5, 0.6) is 0 Å². The van der Waals surface area contributed by atoms with Crippen molar-refractivity contribution in [2.45, 2.75) is 57.7 Å². The molecule has 0 bridgehead atoms. The summed E-state index contributed by atoms with van der Waals surface area (Å²) in [5.74, 6) is 0.696. The van der Waals surface area contributed by atoms with Crippen LogP contribution in [0.3, 0.4) is 0 Å². The Bertz CT molecular complexity index is 582. The minimum absolute atomic E-state index is 0.438. The van der Waals surface area contributed by atoms with Gasteiger partial charge in [-0.15, -0.1) is 11.3 Å². The van der Waals surface area contributed by atoms with Gasteiger partial charge in [-0.25, -0.2) is 4.98 Å². The van der Waals surface area contributed by atoms with Gasteiger partial charge < -0.3 is 15.5 Å². The molecule has 2 N–H and O–H groups in total. The van der Waals surface area contributed by atoms with Crippen molar-refractivity contribution in [3.63, 3.8) is 0 Å². The van der Waals surface area contributed by atoms with Gasteiger partial charge in [-0.3, -0.25) is 4.99 Å². The zero-order valence-electron chi connectivity index (χ0n) is 16.1. The van der Waals surface area contributed by atoms with Crippen LogP contribution in [-0.4, -0.2) is 55.1 Å². The maximum Gasteiger partial charge on any atom is 0.434 e. The molecule has 0 aromatic carbocycles. The molecule has 1 aliphatic rings. The predicted molar refractivity (Wildman–Crippen MR) is 104 cm³/mol. The molecule has 0 unspecified atom stereocenters. The fraction of sp³-hybridized carbons (Fsp3) is 0.778. The van der Waals surface area contributed by atoms with Crippen molar-refractivity contribution in [1.82, 2.24) is 20.5 Å². The Balaban J connectivity index is 1.75. The number of nitrogens with one attached hydrogen (secondary N) is 2. The summed E-state index contributed by atoms with van der Waals surface area (Å²) in [5.41, 5.74) is -0.811. The Morgan fingerprint density at radius 3 is 2.67 bits per heavy atom. The highest BCUT2D eigenvalue weighted by molar-refractivity contribution is 7.09. The van der Waals surface area contributed by atoms with E-state index in [0.717, 1.165) is 29.8 Å². The van der Waals surface area contributed by atoms with Gasteiger partial charge in [0, 0.05) is 37.5 Å². The number of thiazole rings is 1. The second-order valence-corrected chi connectivity index (χ2v) is 7.78. The van der Waals surface area contributed by atoms with Crippen LogP contribution in [0.2, 0.25) is 0 Å². The summed E-state index contributed by atoms with van der Waals surface area (Å²) in [6.07, 6.45) is 2.58. The summed E-state index contributed by atoms with van der Waals surface area (Å²) >= 11 is 1.04. The van der Waals surface area contributed by atoms with E-state index in [1.165, 1.54) is 32.1 Å². The molecule has 1 heterocycles. The summed E-state index contributed by atoms with van der Waals surface area (Å²) in [7, 11) is 2.16. The fourth-order valence-electron chi connectivity index (χ4n) is 3.21. The van der Waals surface area contributed by atoms with Crippen LogP contribution >= 0.6 is 11.3 Å². The zero-order chi connectivity index (χ0) is 19.7. The molecule has 0 aliphatic heterocycles. The first-order chi connectivity index (χ1) is 12.9. The van der Waals surface area contributed by atoms with Crippen molar-refractivity contribution in [2.24, 2.45) is 4.99 Å². The molecule has 9 heteroatoms. The number of hydrogen-bond donors (Lipinski definition) is 2. The Morgan fingerprint density at radius 1 is 1.30 bits per heavy atom. The van der Waals surface area contributed by atoms with Crippen LogP contribution in [-0.2, 0) is 12.6 Å². The number of hydrogen-bond acceptors (Lipinski definition) is 4. The third kappa shape index (κ3) is 7.65. The molecule has 2 rings (SSSR count). The molecule has 1 aromatic heterocycles. The number of alkyl halides is 3. The van der Waals surface area contributed by atoms with Crippen LogP contribution in [0.1, 0.15) is 49.7 Å². The minimum Gasteiger partial charge on any atom is -0.357 e. The zero-order valence-corrected chi connectivity index (χ0v) is 16.9. The van der Waals surface area contributed by atoms with Crippen molar-refractivity contribution in [3.05, 3.63) is 16.1 Å². The van der Waals surface area contributed by atoms with Crippen molar-refractivity contribution in [3.8, 4) is 0 Å². The van der Waals surface area contributed by atoms with E-state index >= 15 is 0 Å². The van der Waals surface area contributed by atoms with E-state index in [1.54, 1.807) is 0 Å². The molecule has 1 fully saturated rings. The van der Waals surface area contributed by atoms with Gasteiger partial charge in [0.2, 0.25) is 0 Å². The lowest BCUT2D eigenvalue weighted by Gasteiger charge is -2.30. The molecular formula is C18H30F3N5S. The van der Waals surface area contributed by atoms with Gasteiger partial charge in [-0.05, 0) is 26.8 Å². The van der Waals surface area contributed by atoms with Crippen LogP contribution in [0.25, 0.3) is 0 Å². The summed E-state index contributed by atoms with van der Waals surface area (Å²) in [6.45, 7) is 4.82. The van der Waals surface area contributed by atoms with Gasteiger partial charge in [-0.2, -0.15) is 13.2 Å². The van der Waals surface area contributed by atoms with E-state index in [0.29, 0.717) is 36.5 Å². The SMILES string of the molecule is CCNC(=NCCN(C)C1CCCCC1)NCCc1nc(C(F)(F)F)cs1. The molecular weight excluding hydrogens is 375 g/mol. The second kappa shape index (κ2) is 10.8. The molecule has 1 saturated carbocycles. The highest BCUT2D eigenvalue weighted by Gasteiger charge is 2.33. The Kier molecular flexibility index (Phi) is 8.82. The predicted octanol–water partition coefficient (Wildman–Crippen LogP) is 3.52. The molecule has 0 saturated heterocycles. The highest BCUT2D eigenvalue weighted by atomic mass is 32.1. The minimum atomic E-state index is -4.37. The Morgan fingerprint density at radius 2 is 2.04 bits per heavy atom. The van der Waals surface area contributed by atoms with Crippen LogP contribution < -0.4 is 10.6 Å². The topological polar surface area (TPSA) is 52.6 Å². The number of halogens is 3. The lowest BCUT2D eigenvalue weighted by Crippen LogP contribution is -2.39. The van der Waals surface area contributed by atoms with Gasteiger partial charge in [0.05, 0.1) is 11.6 Å². The van der Waals surface area contributed by atoms with E-state index in [9.17, 15) is 13.2 Å². The number of likely N-dealkylation sites (N-methyl/N-ethyl adjacent to an activating group) is 1. The lowest BCUT2D eigenvalue weighted by atomic mass is 9.94. The number of rotatable bonds is 8. The average Bonchev–Trinajstić information content (AvgIpc) is 3.12. The number of nitrogens with zero attached hydrogens (tertiary/aromatic N) is 3. The molecule has 1 aromatic rings. The highest BCUT2D eigenvalue weighted by Crippen LogP contribution is 2.30. The Labute approximate surface area is 163 Å². The van der Waals surface area contributed by atoms with Gasteiger partial charge in [0.15, 0.2) is 11.7 Å². The first-order valence-corrected chi connectivity index (χ1v) is 10.5. The van der Waals surface area contributed by atoms with Gasteiger partial charge in [0.1, 0.15) is 0 Å². The summed E-state index contributed by atoms with van der Waals surface area (Å²) < 4.78 is 37.8. The molecule has 5 nitrogen and oxygen atoms in total. The number of aliphatic imine (C=N–C) groups is 1. The van der Waals surface area contributed by atoms with Gasteiger partial charge in [0.25, 0.3) is 0 Å². The van der Waals surface area contributed by atoms with Crippen LogP contribution in [0.4, 0.5) is 13.2 Å². The van der Waals surface area contributed by atoms with Gasteiger partial charge >= 0.3 is 6.18 Å². The molecule has 0 amide bonds. The first-order valence-electron chi connectivity index (χ1n) is 9.64. The third-order valence-electron chi connectivity index (χ3n) is 4.74. The molecule has 0 radical (unpaired) electrons. The van der Waals surface area contributed by atoms with Crippen LogP contribution in [0, 0.1) is 0 Å². The normalized spacial score (nSPS) is 16.7. The fourth-order valence-corrected chi connectivity index (χ4v) is 4.01. The molecule has 154 valence electrons. The summed E-state index contributed by atoms with van der Waals surface area (Å²) in [4.78, 5) is 10.6. The van der Waals surface area contributed by atoms with Crippen molar-refractivity contribution >= 4 is 17.3 Å². The molecule has 0 atom stereocenters. The lowest BCUT2D eigenvalue weighted by molar-refractivity contribution is -0.140. The van der Waals surface area contributed by atoms with Crippen LogP contribution in [0.15, 0.2) is 10.4 Å². The van der Waals surface area contributed by atoms with Crippen molar-refractivity contribution < 1.29 is 13.2 Å². The van der Waals surface area contributed by atoms with E-state index in [1.807, 2.05) is 6.92 Å². The van der Waals surface area contributed by atoms with E-state index in [4.69, 9.17) is 0 Å². The van der Waals surface area contributed by atoms with Crippen molar-refractivity contribution in [2.75, 3.05) is 33.2 Å². The smallest absolute Gasteiger partial charge is 0.357 e. The summed E-state index contributed by atoms with van der Waals surface area (Å²) in [6, 6.07) is 0.664. The van der Waals surface area contributed by atoms with E-state index in [2.05, 4.69) is 32.6 Å². The third-order valence-corrected chi connectivity index (χ3v) is 5.65.